The fourth-order valence-corrected chi connectivity index (χ4v) is 3.69. The lowest BCUT2D eigenvalue weighted by atomic mass is 9.98. The average Bonchev–Trinajstić information content (AvgIpc) is 2.76. The molecule has 0 aromatic heterocycles. The largest absolute Gasteiger partial charge is 0.322 e. The maximum Gasteiger partial charge on any atom is 0.256 e. The van der Waals surface area contributed by atoms with E-state index in [1.807, 2.05) is 72.8 Å². The summed E-state index contributed by atoms with van der Waals surface area (Å²) < 4.78 is 1.87. The van der Waals surface area contributed by atoms with E-state index in [4.69, 9.17) is 0 Å². The average molecular weight is 524 g/mol. The molecule has 30 heavy (non-hydrogen) atoms. The zero-order chi connectivity index (χ0) is 21.1. The zero-order valence-electron chi connectivity index (χ0n) is 15.7. The first-order valence-electron chi connectivity index (χ1n) is 9.17. The number of rotatable bonds is 4. The van der Waals surface area contributed by atoms with Crippen molar-refractivity contribution in [2.75, 3.05) is 10.6 Å². The summed E-state index contributed by atoms with van der Waals surface area (Å²) >= 11 is 6.77. The molecular formula is C24H16Br2N2O2. The first kappa shape index (κ1) is 20.3. The molecule has 4 aromatic carbocycles. The van der Waals surface area contributed by atoms with Crippen LogP contribution in [0, 0.1) is 0 Å². The molecule has 0 atom stereocenters. The van der Waals surface area contributed by atoms with Crippen molar-refractivity contribution in [3.8, 4) is 0 Å². The molecule has 4 aromatic rings. The van der Waals surface area contributed by atoms with Gasteiger partial charge in [-0.15, -0.1) is 0 Å². The molecule has 4 rings (SSSR count). The fraction of sp³-hybridized carbons (Fsp3) is 0. The topological polar surface area (TPSA) is 58.2 Å². The molecule has 0 spiro atoms. The molecular weight excluding hydrogens is 508 g/mol. The van der Waals surface area contributed by atoms with Crippen LogP contribution in [0.2, 0.25) is 0 Å². The van der Waals surface area contributed by atoms with Crippen LogP contribution < -0.4 is 10.6 Å². The number of hydrogen-bond acceptors (Lipinski definition) is 2. The SMILES string of the molecule is O=C(Nc1ccc(Br)cc1)c1ccc(C(=O)Nc2ccc(Br)cc2)c2ccccc12. The van der Waals surface area contributed by atoms with Gasteiger partial charge in [0.15, 0.2) is 0 Å². The molecule has 148 valence electrons. The maximum absolute atomic E-state index is 12.9. The summed E-state index contributed by atoms with van der Waals surface area (Å²) in [5.74, 6) is -0.457. The monoisotopic (exact) mass is 522 g/mol. The highest BCUT2D eigenvalue weighted by atomic mass is 79.9. The molecule has 0 radical (unpaired) electrons. The zero-order valence-corrected chi connectivity index (χ0v) is 18.8. The number of fused-ring (bicyclic) bond motifs is 1. The number of carbonyl (C=O) groups excluding carboxylic acids is 2. The molecule has 0 saturated heterocycles. The predicted molar refractivity (Wildman–Crippen MR) is 128 cm³/mol. The number of benzene rings is 4. The molecule has 0 saturated carbocycles. The number of carbonyl (C=O) groups is 2. The molecule has 2 amide bonds. The lowest BCUT2D eigenvalue weighted by Crippen LogP contribution is -2.15. The smallest absolute Gasteiger partial charge is 0.256 e. The van der Waals surface area contributed by atoms with Crippen LogP contribution in [0.15, 0.2) is 93.9 Å². The van der Waals surface area contributed by atoms with Crippen LogP contribution in [0.5, 0.6) is 0 Å². The van der Waals surface area contributed by atoms with Gasteiger partial charge in [0.05, 0.1) is 0 Å². The molecule has 0 aliphatic heterocycles. The van der Waals surface area contributed by atoms with Crippen molar-refractivity contribution >= 4 is 65.8 Å². The van der Waals surface area contributed by atoms with Crippen molar-refractivity contribution < 1.29 is 9.59 Å². The van der Waals surface area contributed by atoms with Gasteiger partial charge in [-0.1, -0.05) is 56.1 Å². The molecule has 4 nitrogen and oxygen atoms in total. The Bertz CT molecular complexity index is 1140. The van der Waals surface area contributed by atoms with Crippen LogP contribution >= 0.6 is 31.9 Å². The summed E-state index contributed by atoms with van der Waals surface area (Å²) in [4.78, 5) is 25.8. The van der Waals surface area contributed by atoms with Crippen molar-refractivity contribution in [2.24, 2.45) is 0 Å². The summed E-state index contributed by atoms with van der Waals surface area (Å²) in [5, 5.41) is 7.25. The summed E-state index contributed by atoms with van der Waals surface area (Å²) in [6.45, 7) is 0. The maximum atomic E-state index is 12.9. The van der Waals surface area contributed by atoms with E-state index in [0.717, 1.165) is 19.7 Å². The van der Waals surface area contributed by atoms with E-state index in [9.17, 15) is 9.59 Å². The van der Waals surface area contributed by atoms with Crippen molar-refractivity contribution in [2.45, 2.75) is 0 Å². The second kappa shape index (κ2) is 8.81. The third-order valence-corrected chi connectivity index (χ3v) is 5.67. The lowest BCUT2D eigenvalue weighted by molar-refractivity contribution is 0.101. The van der Waals surface area contributed by atoms with Crippen LogP contribution in [0.3, 0.4) is 0 Å². The molecule has 6 heteroatoms. The Morgan fingerprint density at radius 2 is 0.900 bits per heavy atom. The molecule has 0 bridgehead atoms. The highest BCUT2D eigenvalue weighted by molar-refractivity contribution is 9.10. The van der Waals surface area contributed by atoms with E-state index in [1.54, 1.807) is 12.1 Å². The Morgan fingerprint density at radius 1 is 0.533 bits per heavy atom. The second-order valence-electron chi connectivity index (χ2n) is 6.63. The highest BCUT2D eigenvalue weighted by Crippen LogP contribution is 2.25. The van der Waals surface area contributed by atoms with Gasteiger partial charge in [-0.2, -0.15) is 0 Å². The second-order valence-corrected chi connectivity index (χ2v) is 8.46. The van der Waals surface area contributed by atoms with Gasteiger partial charge in [-0.3, -0.25) is 9.59 Å². The summed E-state index contributed by atoms with van der Waals surface area (Å²) in [6.07, 6.45) is 0. The molecule has 2 N–H and O–H groups in total. The van der Waals surface area contributed by atoms with Gasteiger partial charge in [-0.05, 0) is 71.4 Å². The summed E-state index contributed by atoms with van der Waals surface area (Å²) in [7, 11) is 0. The van der Waals surface area contributed by atoms with Crippen molar-refractivity contribution in [1.29, 1.82) is 0 Å². The van der Waals surface area contributed by atoms with Crippen molar-refractivity contribution in [1.82, 2.24) is 0 Å². The van der Waals surface area contributed by atoms with Crippen molar-refractivity contribution in [3.63, 3.8) is 0 Å². The normalized spacial score (nSPS) is 10.6. The molecule has 0 unspecified atom stereocenters. The predicted octanol–water partition coefficient (Wildman–Crippen LogP) is 6.87. The molecule has 0 aliphatic rings. The van der Waals surface area contributed by atoms with Gasteiger partial charge in [0.2, 0.25) is 0 Å². The van der Waals surface area contributed by atoms with Crippen LogP contribution in [-0.2, 0) is 0 Å². The molecule has 0 fully saturated rings. The highest BCUT2D eigenvalue weighted by Gasteiger charge is 2.16. The van der Waals surface area contributed by atoms with Gasteiger partial charge < -0.3 is 10.6 Å². The first-order chi connectivity index (χ1) is 14.5. The number of anilines is 2. The van der Waals surface area contributed by atoms with Crippen LogP contribution in [0.1, 0.15) is 20.7 Å². The molecule has 0 aliphatic carbocycles. The Kier molecular flexibility index (Phi) is 5.97. The number of amides is 2. The Morgan fingerprint density at radius 3 is 1.27 bits per heavy atom. The van der Waals surface area contributed by atoms with E-state index in [1.165, 1.54) is 0 Å². The van der Waals surface area contributed by atoms with E-state index in [2.05, 4.69) is 42.5 Å². The third-order valence-electron chi connectivity index (χ3n) is 4.62. The Hall–Kier alpha value is -2.96. The van der Waals surface area contributed by atoms with Gasteiger partial charge in [0, 0.05) is 31.4 Å². The summed E-state index contributed by atoms with van der Waals surface area (Å²) in [5.41, 5.74) is 2.41. The summed E-state index contributed by atoms with van der Waals surface area (Å²) in [6, 6.07) is 25.5. The minimum Gasteiger partial charge on any atom is -0.322 e. The van der Waals surface area contributed by atoms with Gasteiger partial charge in [0.25, 0.3) is 11.8 Å². The minimum atomic E-state index is -0.228. The van der Waals surface area contributed by atoms with Crippen LogP contribution in [-0.4, -0.2) is 11.8 Å². The van der Waals surface area contributed by atoms with E-state index >= 15 is 0 Å². The first-order valence-corrected chi connectivity index (χ1v) is 10.8. The Labute approximate surface area is 190 Å². The standard InChI is InChI=1S/C24H16Br2N2O2/c25-15-5-9-17(10-6-15)27-23(29)21-13-14-22(20-4-2-1-3-19(20)21)24(30)28-18-11-7-16(26)8-12-18/h1-14H,(H,27,29)(H,28,30). The third kappa shape index (κ3) is 4.45. The quantitative estimate of drug-likeness (QED) is 0.306. The number of halogens is 2. The number of nitrogens with one attached hydrogen (secondary N) is 2. The fourth-order valence-electron chi connectivity index (χ4n) is 3.16. The van der Waals surface area contributed by atoms with E-state index in [0.29, 0.717) is 22.5 Å². The van der Waals surface area contributed by atoms with E-state index < -0.39 is 0 Å². The molecule has 0 heterocycles. The Balaban J connectivity index is 1.65. The van der Waals surface area contributed by atoms with Crippen molar-refractivity contribution in [3.05, 3.63) is 105 Å². The van der Waals surface area contributed by atoms with Gasteiger partial charge in [0.1, 0.15) is 0 Å². The van der Waals surface area contributed by atoms with Crippen LogP contribution in [0.25, 0.3) is 10.8 Å². The number of hydrogen-bond donors (Lipinski definition) is 2. The minimum absolute atomic E-state index is 0.228. The van der Waals surface area contributed by atoms with Gasteiger partial charge in [-0.25, -0.2) is 0 Å². The van der Waals surface area contributed by atoms with E-state index in [-0.39, 0.29) is 11.8 Å². The van der Waals surface area contributed by atoms with Gasteiger partial charge >= 0.3 is 0 Å². The van der Waals surface area contributed by atoms with Crippen LogP contribution in [0.4, 0.5) is 11.4 Å². The lowest BCUT2D eigenvalue weighted by Gasteiger charge is -2.12.